The van der Waals surface area contributed by atoms with Gasteiger partial charge in [-0.15, -0.1) is 0 Å². The van der Waals surface area contributed by atoms with Crippen molar-refractivity contribution in [2.24, 2.45) is 0 Å². The Hall–Kier alpha value is -3.13. The van der Waals surface area contributed by atoms with Gasteiger partial charge in [0.1, 0.15) is 6.04 Å². The van der Waals surface area contributed by atoms with Crippen molar-refractivity contribution in [3.05, 3.63) is 65.7 Å². The number of likely N-dealkylation sites (tertiary alicyclic amines) is 1. The van der Waals surface area contributed by atoms with Gasteiger partial charge >= 0.3 is 0 Å². The van der Waals surface area contributed by atoms with Crippen molar-refractivity contribution in [1.82, 2.24) is 4.90 Å². The molecule has 1 fully saturated rings. The van der Waals surface area contributed by atoms with Crippen LogP contribution in [0.25, 0.3) is 0 Å². The van der Waals surface area contributed by atoms with E-state index in [0.29, 0.717) is 30.6 Å². The van der Waals surface area contributed by atoms with E-state index in [4.69, 9.17) is 5.26 Å². The quantitative estimate of drug-likeness (QED) is 0.941. The minimum absolute atomic E-state index is 0.00946. The minimum atomic E-state index is -0.483. The zero-order valence-corrected chi connectivity index (χ0v) is 13.1. The number of carbonyl (C=O) groups excluding carboxylic acids is 2. The van der Waals surface area contributed by atoms with Crippen LogP contribution >= 0.6 is 0 Å². The molecule has 1 aliphatic heterocycles. The van der Waals surface area contributed by atoms with Crippen LogP contribution in [-0.2, 0) is 16.1 Å². The Morgan fingerprint density at radius 2 is 2.00 bits per heavy atom. The number of hydrogen-bond acceptors (Lipinski definition) is 3. The summed E-state index contributed by atoms with van der Waals surface area (Å²) in [7, 11) is 0. The molecule has 1 unspecified atom stereocenters. The van der Waals surface area contributed by atoms with E-state index in [1.807, 2.05) is 36.4 Å². The number of nitrogens with one attached hydrogen (secondary N) is 1. The fourth-order valence-electron chi connectivity index (χ4n) is 2.88. The molecule has 5 heteroatoms. The number of benzene rings is 2. The number of carbonyl (C=O) groups is 2. The third-order valence-electron chi connectivity index (χ3n) is 4.09. The second-order valence-corrected chi connectivity index (χ2v) is 5.74. The molecule has 0 radical (unpaired) electrons. The van der Waals surface area contributed by atoms with Gasteiger partial charge in [-0.2, -0.15) is 5.26 Å². The number of nitriles is 1. The average Bonchev–Trinajstić information content (AvgIpc) is 2.97. The van der Waals surface area contributed by atoms with Crippen LogP contribution in [0.5, 0.6) is 0 Å². The summed E-state index contributed by atoms with van der Waals surface area (Å²) in [6.07, 6.45) is 0.887. The Morgan fingerprint density at radius 3 is 2.75 bits per heavy atom. The van der Waals surface area contributed by atoms with Crippen LogP contribution in [0.1, 0.15) is 24.0 Å². The first kappa shape index (κ1) is 15.8. The molecule has 0 aromatic heterocycles. The first-order chi connectivity index (χ1) is 11.7. The zero-order valence-electron chi connectivity index (χ0n) is 13.1. The number of rotatable bonds is 4. The molecule has 0 spiro atoms. The van der Waals surface area contributed by atoms with E-state index in [1.165, 1.54) is 0 Å². The lowest BCUT2D eigenvalue weighted by Crippen LogP contribution is -2.41. The van der Waals surface area contributed by atoms with Crippen LogP contribution in [0, 0.1) is 11.3 Å². The Kier molecular flexibility index (Phi) is 4.57. The molecule has 5 nitrogen and oxygen atoms in total. The Bertz CT molecular complexity index is 796. The van der Waals surface area contributed by atoms with E-state index in [-0.39, 0.29) is 11.8 Å². The molecule has 24 heavy (non-hydrogen) atoms. The maximum atomic E-state index is 12.6. The van der Waals surface area contributed by atoms with Gasteiger partial charge < -0.3 is 10.2 Å². The monoisotopic (exact) mass is 319 g/mol. The van der Waals surface area contributed by atoms with Crippen molar-refractivity contribution in [2.75, 3.05) is 5.32 Å². The average molecular weight is 319 g/mol. The smallest absolute Gasteiger partial charge is 0.247 e. The molecule has 2 aromatic carbocycles. The molecular weight excluding hydrogens is 302 g/mol. The summed E-state index contributed by atoms with van der Waals surface area (Å²) < 4.78 is 0. The highest BCUT2D eigenvalue weighted by molar-refractivity contribution is 5.99. The van der Waals surface area contributed by atoms with Crippen LogP contribution in [0.3, 0.4) is 0 Å². The van der Waals surface area contributed by atoms with E-state index in [1.54, 1.807) is 29.2 Å². The number of nitrogens with zero attached hydrogens (tertiary/aromatic N) is 2. The lowest BCUT2D eigenvalue weighted by molar-refractivity contribution is -0.133. The largest absolute Gasteiger partial charge is 0.326 e. The molecule has 1 heterocycles. The molecule has 120 valence electrons. The first-order valence-electron chi connectivity index (χ1n) is 7.82. The van der Waals surface area contributed by atoms with Gasteiger partial charge in [0.15, 0.2) is 0 Å². The molecule has 1 atom stereocenters. The van der Waals surface area contributed by atoms with E-state index in [9.17, 15) is 9.59 Å². The molecule has 1 saturated heterocycles. The van der Waals surface area contributed by atoms with E-state index >= 15 is 0 Å². The van der Waals surface area contributed by atoms with Crippen LogP contribution in [0.2, 0.25) is 0 Å². The molecule has 0 saturated carbocycles. The third kappa shape index (κ3) is 3.44. The van der Waals surface area contributed by atoms with Crippen LogP contribution in [-0.4, -0.2) is 22.8 Å². The van der Waals surface area contributed by atoms with Crippen molar-refractivity contribution < 1.29 is 9.59 Å². The Balaban J connectivity index is 1.73. The van der Waals surface area contributed by atoms with E-state index < -0.39 is 6.04 Å². The maximum absolute atomic E-state index is 12.6. The molecule has 3 rings (SSSR count). The first-order valence-corrected chi connectivity index (χ1v) is 7.82. The molecule has 0 bridgehead atoms. The summed E-state index contributed by atoms with van der Waals surface area (Å²) in [6, 6.07) is 17.9. The summed E-state index contributed by atoms with van der Waals surface area (Å²) in [5.74, 6) is -0.225. The number of amides is 2. The normalized spacial score (nSPS) is 16.7. The highest BCUT2D eigenvalue weighted by atomic mass is 16.2. The summed E-state index contributed by atoms with van der Waals surface area (Å²) in [4.78, 5) is 26.3. The van der Waals surface area contributed by atoms with Gasteiger partial charge in [-0.25, -0.2) is 0 Å². The van der Waals surface area contributed by atoms with Gasteiger partial charge in [-0.1, -0.05) is 36.4 Å². The second-order valence-electron chi connectivity index (χ2n) is 5.74. The van der Waals surface area contributed by atoms with Crippen LogP contribution < -0.4 is 5.32 Å². The standard InChI is InChI=1S/C19H17N3O2/c20-12-15-7-4-8-16(11-15)21-19(24)17-9-10-18(23)22(17)13-14-5-2-1-3-6-14/h1-8,11,17H,9-10,13H2,(H,21,24). The van der Waals surface area contributed by atoms with Crippen LogP contribution in [0.15, 0.2) is 54.6 Å². The van der Waals surface area contributed by atoms with Gasteiger partial charge in [0.2, 0.25) is 11.8 Å². The SMILES string of the molecule is N#Cc1cccc(NC(=O)C2CCC(=O)N2Cc2ccccc2)c1. The van der Waals surface area contributed by atoms with Crippen molar-refractivity contribution in [3.8, 4) is 6.07 Å². The second kappa shape index (κ2) is 6.97. The summed E-state index contributed by atoms with van der Waals surface area (Å²) in [5.41, 5.74) is 2.05. The lowest BCUT2D eigenvalue weighted by atomic mass is 10.1. The zero-order chi connectivity index (χ0) is 16.9. The van der Waals surface area contributed by atoms with Crippen molar-refractivity contribution >= 4 is 17.5 Å². The number of hydrogen-bond donors (Lipinski definition) is 1. The molecule has 1 N–H and O–H groups in total. The van der Waals surface area contributed by atoms with Crippen molar-refractivity contribution in [2.45, 2.75) is 25.4 Å². The predicted molar refractivity (Wildman–Crippen MR) is 89.8 cm³/mol. The van der Waals surface area contributed by atoms with Crippen molar-refractivity contribution in [1.29, 1.82) is 5.26 Å². The highest BCUT2D eigenvalue weighted by Gasteiger charge is 2.35. The maximum Gasteiger partial charge on any atom is 0.247 e. The fraction of sp³-hybridized carbons (Fsp3) is 0.211. The fourth-order valence-corrected chi connectivity index (χ4v) is 2.88. The van der Waals surface area contributed by atoms with Gasteiger partial charge in [-0.05, 0) is 30.2 Å². The Labute approximate surface area is 140 Å². The molecular formula is C19H17N3O2. The summed E-state index contributed by atoms with van der Waals surface area (Å²) >= 11 is 0. The summed E-state index contributed by atoms with van der Waals surface area (Å²) in [5, 5.41) is 11.7. The van der Waals surface area contributed by atoms with E-state index in [2.05, 4.69) is 5.32 Å². The lowest BCUT2D eigenvalue weighted by Gasteiger charge is -2.24. The summed E-state index contributed by atoms with van der Waals surface area (Å²) in [6.45, 7) is 0.427. The van der Waals surface area contributed by atoms with Gasteiger partial charge in [-0.3, -0.25) is 9.59 Å². The Morgan fingerprint density at radius 1 is 1.21 bits per heavy atom. The number of anilines is 1. The van der Waals surface area contributed by atoms with Gasteiger partial charge in [0.25, 0.3) is 0 Å². The third-order valence-corrected chi connectivity index (χ3v) is 4.09. The van der Waals surface area contributed by atoms with E-state index in [0.717, 1.165) is 5.56 Å². The molecule has 2 aromatic rings. The van der Waals surface area contributed by atoms with Gasteiger partial charge in [0.05, 0.1) is 11.6 Å². The van der Waals surface area contributed by atoms with Crippen molar-refractivity contribution in [3.63, 3.8) is 0 Å². The van der Waals surface area contributed by atoms with Gasteiger partial charge in [0, 0.05) is 18.7 Å². The topological polar surface area (TPSA) is 73.2 Å². The minimum Gasteiger partial charge on any atom is -0.326 e. The highest BCUT2D eigenvalue weighted by Crippen LogP contribution is 2.23. The molecule has 2 amide bonds. The molecule has 0 aliphatic carbocycles. The van der Waals surface area contributed by atoms with Crippen LogP contribution in [0.4, 0.5) is 5.69 Å². The predicted octanol–water partition coefficient (Wildman–Crippen LogP) is 2.69. The molecule has 1 aliphatic rings.